The Morgan fingerprint density at radius 1 is 1.24 bits per heavy atom. The highest BCUT2D eigenvalue weighted by atomic mass is 15.3. The Balaban J connectivity index is 1.75. The van der Waals surface area contributed by atoms with E-state index in [1.807, 2.05) is 17.9 Å². The van der Waals surface area contributed by atoms with Crippen LogP contribution in [0.5, 0.6) is 0 Å². The first-order valence-electron chi connectivity index (χ1n) is 8.02. The lowest BCUT2D eigenvalue weighted by atomic mass is 9.66. The molecular formula is C16H23N5. The summed E-state index contributed by atoms with van der Waals surface area (Å²) in [5.41, 5.74) is 1.46. The Bertz CT molecular complexity index is 668. The van der Waals surface area contributed by atoms with Crippen LogP contribution in [0.25, 0.3) is 11.0 Å². The van der Waals surface area contributed by atoms with Gasteiger partial charge in [0.05, 0.1) is 11.6 Å². The molecule has 5 heteroatoms. The van der Waals surface area contributed by atoms with E-state index < -0.39 is 0 Å². The molecule has 1 aliphatic carbocycles. The molecule has 4 rings (SSSR count). The standard InChI is InChI=1S/C16H23N5/c1-11(2)13-16(6-4-5-7-16)9-21(13)15-12-8-19-20(3)14(12)17-10-18-15/h8,10-11,13H,4-7,9H2,1-3H3/t13-/m1/s1. The minimum Gasteiger partial charge on any atom is -0.351 e. The van der Waals surface area contributed by atoms with Crippen LogP contribution in [0.15, 0.2) is 12.5 Å². The highest BCUT2D eigenvalue weighted by Gasteiger charge is 2.55. The molecule has 0 bridgehead atoms. The Morgan fingerprint density at radius 2 is 2.00 bits per heavy atom. The summed E-state index contributed by atoms with van der Waals surface area (Å²) < 4.78 is 1.83. The molecule has 2 fully saturated rings. The summed E-state index contributed by atoms with van der Waals surface area (Å²) in [6.07, 6.45) is 9.13. The predicted octanol–water partition coefficient (Wildman–Crippen LogP) is 2.77. The number of hydrogen-bond donors (Lipinski definition) is 0. The Morgan fingerprint density at radius 3 is 2.71 bits per heavy atom. The Hall–Kier alpha value is -1.65. The molecule has 1 aliphatic heterocycles. The van der Waals surface area contributed by atoms with Gasteiger partial charge in [-0.1, -0.05) is 26.7 Å². The zero-order valence-electron chi connectivity index (χ0n) is 13.1. The highest BCUT2D eigenvalue weighted by Crippen LogP contribution is 2.54. The molecule has 21 heavy (non-hydrogen) atoms. The minimum absolute atomic E-state index is 0.535. The number of aryl methyl sites for hydroxylation is 1. The Labute approximate surface area is 125 Å². The predicted molar refractivity (Wildman–Crippen MR) is 83.2 cm³/mol. The topological polar surface area (TPSA) is 46.8 Å². The van der Waals surface area contributed by atoms with Crippen molar-refractivity contribution in [2.75, 3.05) is 11.4 Å². The molecule has 1 saturated heterocycles. The van der Waals surface area contributed by atoms with E-state index in [0.29, 0.717) is 17.4 Å². The number of rotatable bonds is 2. The molecule has 0 aromatic carbocycles. The van der Waals surface area contributed by atoms with E-state index >= 15 is 0 Å². The van der Waals surface area contributed by atoms with Gasteiger partial charge in [-0.2, -0.15) is 5.10 Å². The summed E-state index contributed by atoms with van der Waals surface area (Å²) in [5.74, 6) is 1.72. The molecule has 3 heterocycles. The van der Waals surface area contributed by atoms with E-state index in [-0.39, 0.29) is 0 Å². The van der Waals surface area contributed by atoms with Crippen molar-refractivity contribution in [2.45, 2.75) is 45.6 Å². The van der Waals surface area contributed by atoms with Gasteiger partial charge in [0.2, 0.25) is 0 Å². The normalized spacial score (nSPS) is 24.2. The lowest BCUT2D eigenvalue weighted by molar-refractivity contribution is 0.0984. The molecule has 1 atom stereocenters. The van der Waals surface area contributed by atoms with Crippen molar-refractivity contribution in [1.29, 1.82) is 0 Å². The molecule has 112 valence electrons. The summed E-state index contributed by atoms with van der Waals surface area (Å²) >= 11 is 0. The summed E-state index contributed by atoms with van der Waals surface area (Å²) in [6.45, 7) is 5.84. The molecule has 2 aromatic rings. The fourth-order valence-electron chi connectivity index (χ4n) is 4.73. The third kappa shape index (κ3) is 1.72. The second-order valence-corrected chi connectivity index (χ2v) is 7.09. The van der Waals surface area contributed by atoms with Crippen molar-refractivity contribution in [3.05, 3.63) is 12.5 Å². The number of hydrogen-bond acceptors (Lipinski definition) is 4. The average Bonchev–Trinajstić information content (AvgIpc) is 3.04. The third-order valence-corrected chi connectivity index (χ3v) is 5.46. The van der Waals surface area contributed by atoms with Crippen molar-refractivity contribution < 1.29 is 0 Å². The van der Waals surface area contributed by atoms with Crippen LogP contribution in [0.3, 0.4) is 0 Å². The van der Waals surface area contributed by atoms with Crippen LogP contribution in [0.2, 0.25) is 0 Å². The van der Waals surface area contributed by atoms with Crippen molar-refractivity contribution in [1.82, 2.24) is 19.7 Å². The summed E-state index contributed by atoms with van der Waals surface area (Å²) in [4.78, 5) is 11.5. The number of fused-ring (bicyclic) bond motifs is 1. The van der Waals surface area contributed by atoms with Crippen LogP contribution in [0.1, 0.15) is 39.5 Å². The van der Waals surface area contributed by atoms with Gasteiger partial charge in [-0.15, -0.1) is 0 Å². The minimum atomic E-state index is 0.535. The monoisotopic (exact) mass is 285 g/mol. The van der Waals surface area contributed by atoms with Gasteiger partial charge < -0.3 is 4.90 Å². The maximum Gasteiger partial charge on any atom is 0.163 e. The molecule has 0 N–H and O–H groups in total. The molecule has 1 saturated carbocycles. The van der Waals surface area contributed by atoms with Crippen LogP contribution in [0, 0.1) is 11.3 Å². The maximum atomic E-state index is 4.59. The van der Waals surface area contributed by atoms with E-state index in [4.69, 9.17) is 0 Å². The van der Waals surface area contributed by atoms with Crippen molar-refractivity contribution in [2.24, 2.45) is 18.4 Å². The van der Waals surface area contributed by atoms with Crippen molar-refractivity contribution in [3.8, 4) is 0 Å². The SMILES string of the molecule is CC(C)[C@H]1N(c2ncnc3c2cnn3C)CC12CCCC2. The number of anilines is 1. The first-order chi connectivity index (χ1) is 10.1. The van der Waals surface area contributed by atoms with E-state index in [2.05, 4.69) is 33.8 Å². The molecule has 2 aromatic heterocycles. The average molecular weight is 285 g/mol. The summed E-state index contributed by atoms with van der Waals surface area (Å²) in [6, 6.07) is 0.610. The zero-order chi connectivity index (χ0) is 14.6. The fourth-order valence-corrected chi connectivity index (χ4v) is 4.73. The molecule has 0 amide bonds. The second kappa shape index (κ2) is 4.42. The third-order valence-electron chi connectivity index (χ3n) is 5.46. The lowest BCUT2D eigenvalue weighted by Crippen LogP contribution is -2.66. The number of nitrogens with zero attached hydrogens (tertiary/aromatic N) is 5. The molecule has 1 spiro atoms. The maximum absolute atomic E-state index is 4.59. The van der Waals surface area contributed by atoms with Gasteiger partial charge in [0.15, 0.2) is 5.65 Å². The van der Waals surface area contributed by atoms with Crippen molar-refractivity contribution in [3.63, 3.8) is 0 Å². The van der Waals surface area contributed by atoms with Gasteiger partial charge in [0, 0.05) is 25.0 Å². The van der Waals surface area contributed by atoms with E-state index in [0.717, 1.165) is 23.4 Å². The first kappa shape index (κ1) is 13.0. The van der Waals surface area contributed by atoms with Crippen LogP contribution < -0.4 is 4.90 Å². The van der Waals surface area contributed by atoms with Crippen molar-refractivity contribution >= 4 is 16.9 Å². The Kier molecular flexibility index (Phi) is 2.75. The fraction of sp³-hybridized carbons (Fsp3) is 0.688. The van der Waals surface area contributed by atoms with E-state index in [1.165, 1.54) is 25.7 Å². The summed E-state index contributed by atoms with van der Waals surface area (Å²) in [5, 5.41) is 5.43. The van der Waals surface area contributed by atoms with Gasteiger partial charge in [0.1, 0.15) is 12.1 Å². The smallest absolute Gasteiger partial charge is 0.163 e. The molecule has 0 radical (unpaired) electrons. The molecule has 0 unspecified atom stereocenters. The van der Waals surface area contributed by atoms with Gasteiger partial charge in [-0.3, -0.25) is 4.68 Å². The highest BCUT2D eigenvalue weighted by molar-refractivity contribution is 5.87. The van der Waals surface area contributed by atoms with Gasteiger partial charge >= 0.3 is 0 Å². The lowest BCUT2D eigenvalue weighted by Gasteiger charge is -2.59. The summed E-state index contributed by atoms with van der Waals surface area (Å²) in [7, 11) is 1.94. The molecule has 2 aliphatic rings. The molecule has 5 nitrogen and oxygen atoms in total. The van der Waals surface area contributed by atoms with Gasteiger partial charge in [-0.05, 0) is 18.8 Å². The van der Waals surface area contributed by atoms with Gasteiger partial charge in [-0.25, -0.2) is 9.97 Å². The molecular weight excluding hydrogens is 262 g/mol. The second-order valence-electron chi connectivity index (χ2n) is 7.09. The van der Waals surface area contributed by atoms with E-state index in [1.54, 1.807) is 6.33 Å². The van der Waals surface area contributed by atoms with Crippen LogP contribution in [-0.2, 0) is 7.05 Å². The quantitative estimate of drug-likeness (QED) is 0.851. The zero-order valence-corrected chi connectivity index (χ0v) is 13.1. The van der Waals surface area contributed by atoms with Crippen LogP contribution >= 0.6 is 0 Å². The van der Waals surface area contributed by atoms with Crippen LogP contribution in [0.4, 0.5) is 5.82 Å². The number of aromatic nitrogens is 4. The van der Waals surface area contributed by atoms with Crippen LogP contribution in [-0.4, -0.2) is 32.3 Å². The largest absolute Gasteiger partial charge is 0.351 e. The van der Waals surface area contributed by atoms with Gasteiger partial charge in [0.25, 0.3) is 0 Å². The van der Waals surface area contributed by atoms with E-state index in [9.17, 15) is 0 Å². The first-order valence-corrected chi connectivity index (χ1v) is 8.02.